The summed E-state index contributed by atoms with van der Waals surface area (Å²) in [5, 5.41) is 11.7. The highest BCUT2D eigenvalue weighted by Crippen LogP contribution is 2.24. The van der Waals surface area contributed by atoms with Gasteiger partial charge in [-0.1, -0.05) is 62.6 Å². The fraction of sp³-hybridized carbons (Fsp3) is 0.286. The number of aromatic nitrogens is 2. The first-order valence-corrected chi connectivity index (χ1v) is 10.0. The first kappa shape index (κ1) is 18.8. The lowest BCUT2D eigenvalue weighted by atomic mass is 10.1. The largest absolute Gasteiger partial charge is 0.391 e. The maximum Gasteiger partial charge on any atom is 0.231 e. The summed E-state index contributed by atoms with van der Waals surface area (Å²) >= 11 is 3.42. The molecule has 3 aromatic rings. The van der Waals surface area contributed by atoms with E-state index in [1.54, 1.807) is 0 Å². The number of nitrogens with zero attached hydrogens (tertiary/aromatic N) is 3. The minimum atomic E-state index is 0.317. The van der Waals surface area contributed by atoms with Crippen molar-refractivity contribution < 1.29 is 9.36 Å². The summed E-state index contributed by atoms with van der Waals surface area (Å²) in [7, 11) is 0. The molecule has 0 unspecified atom stereocenters. The zero-order valence-electron chi connectivity index (χ0n) is 15.6. The fourth-order valence-corrected chi connectivity index (χ4v) is 3.35. The minimum Gasteiger partial charge on any atom is -0.391 e. The summed E-state index contributed by atoms with van der Waals surface area (Å²) in [5.41, 5.74) is 3.80. The third-order valence-electron chi connectivity index (χ3n) is 4.76. The van der Waals surface area contributed by atoms with Gasteiger partial charge in [0, 0.05) is 16.6 Å². The molecule has 2 aromatic carbocycles. The lowest BCUT2D eigenvalue weighted by Gasteiger charge is -2.04. The smallest absolute Gasteiger partial charge is 0.231 e. The van der Waals surface area contributed by atoms with Crippen LogP contribution in [0.1, 0.15) is 36.3 Å². The van der Waals surface area contributed by atoms with Gasteiger partial charge in [-0.2, -0.15) is 4.98 Å². The highest BCUT2D eigenvalue weighted by Gasteiger charge is 2.23. The molecule has 0 aliphatic carbocycles. The van der Waals surface area contributed by atoms with Crippen LogP contribution in [0.3, 0.4) is 0 Å². The van der Waals surface area contributed by atoms with E-state index in [0.29, 0.717) is 24.2 Å². The van der Waals surface area contributed by atoms with E-state index in [1.165, 1.54) is 0 Å². The molecule has 0 saturated carbocycles. The maximum atomic E-state index is 5.48. The Morgan fingerprint density at radius 3 is 2.71 bits per heavy atom. The highest BCUT2D eigenvalue weighted by atomic mass is 79.9. The van der Waals surface area contributed by atoms with Crippen molar-refractivity contribution >= 4 is 21.6 Å². The molecule has 1 fully saturated rings. The van der Waals surface area contributed by atoms with E-state index in [0.717, 1.165) is 46.4 Å². The van der Waals surface area contributed by atoms with Crippen molar-refractivity contribution in [2.75, 3.05) is 13.1 Å². The third kappa shape index (κ3) is 4.48. The second kappa shape index (κ2) is 8.67. The molecule has 6 nitrogen and oxygen atoms in total. The van der Waals surface area contributed by atoms with Crippen molar-refractivity contribution in [3.63, 3.8) is 0 Å². The van der Waals surface area contributed by atoms with Crippen LogP contribution in [-0.2, 0) is 11.4 Å². The van der Waals surface area contributed by atoms with E-state index in [-0.39, 0.29) is 0 Å². The molecule has 7 heteroatoms. The number of oxime groups is 1. The zero-order chi connectivity index (χ0) is 19.3. The molecule has 144 valence electrons. The number of nitrogens with one attached hydrogen (secondary N) is 1. The van der Waals surface area contributed by atoms with Gasteiger partial charge in [0.15, 0.2) is 0 Å². The van der Waals surface area contributed by atoms with Crippen LogP contribution >= 0.6 is 15.9 Å². The summed E-state index contributed by atoms with van der Waals surface area (Å²) in [5.74, 6) is 1.65. The molecule has 0 bridgehead atoms. The van der Waals surface area contributed by atoms with Gasteiger partial charge in [-0.15, -0.1) is 0 Å². The second-order valence-electron chi connectivity index (χ2n) is 6.80. The van der Waals surface area contributed by atoms with Gasteiger partial charge in [-0.05, 0) is 43.1 Å². The van der Waals surface area contributed by atoms with Gasteiger partial charge in [-0.25, -0.2) is 0 Å². The lowest BCUT2D eigenvalue weighted by Crippen LogP contribution is -2.08. The molecule has 0 amide bonds. The van der Waals surface area contributed by atoms with Gasteiger partial charge in [0.05, 0.1) is 11.6 Å². The van der Waals surface area contributed by atoms with Gasteiger partial charge in [0.25, 0.3) is 0 Å². The number of halogens is 1. The highest BCUT2D eigenvalue weighted by molar-refractivity contribution is 9.10. The standard InChI is InChI=1S/C21H21BrN4O2/c1-14(25-27-13-15-2-8-19(22)9-3-15)16-4-6-17(7-5-16)20-24-21(28-26-20)18-10-11-23-12-18/h2-9,18,23H,10-13H2,1H3/t18-/m1/s1. The van der Waals surface area contributed by atoms with E-state index in [4.69, 9.17) is 9.36 Å². The molecule has 2 heterocycles. The van der Waals surface area contributed by atoms with Crippen LogP contribution in [0.4, 0.5) is 0 Å². The van der Waals surface area contributed by atoms with Crippen LogP contribution < -0.4 is 5.32 Å². The first-order valence-electron chi connectivity index (χ1n) is 9.25. The molecule has 1 aliphatic rings. The average molecular weight is 441 g/mol. The normalized spacial score (nSPS) is 17.1. The molecule has 1 aromatic heterocycles. The fourth-order valence-electron chi connectivity index (χ4n) is 3.08. The van der Waals surface area contributed by atoms with Crippen LogP contribution in [0.25, 0.3) is 11.4 Å². The summed E-state index contributed by atoms with van der Waals surface area (Å²) in [6.45, 7) is 4.26. The zero-order valence-corrected chi connectivity index (χ0v) is 17.1. The van der Waals surface area contributed by atoms with E-state index in [1.807, 2.05) is 55.5 Å². The molecule has 28 heavy (non-hydrogen) atoms. The monoisotopic (exact) mass is 440 g/mol. The Labute approximate surface area is 172 Å². The molecule has 1 N–H and O–H groups in total. The Hall–Kier alpha value is -2.51. The van der Waals surface area contributed by atoms with Crippen molar-refractivity contribution in [2.45, 2.75) is 25.9 Å². The molecule has 4 rings (SSSR count). The van der Waals surface area contributed by atoms with E-state index < -0.39 is 0 Å². The van der Waals surface area contributed by atoms with Crippen molar-refractivity contribution in [3.05, 3.63) is 70.0 Å². The number of benzene rings is 2. The predicted octanol–water partition coefficient (Wildman–Crippen LogP) is 4.52. The Morgan fingerprint density at radius 1 is 1.21 bits per heavy atom. The third-order valence-corrected chi connectivity index (χ3v) is 5.29. The Kier molecular flexibility index (Phi) is 5.83. The first-order chi connectivity index (χ1) is 13.7. The van der Waals surface area contributed by atoms with Gasteiger partial charge in [0.2, 0.25) is 11.7 Å². The summed E-state index contributed by atoms with van der Waals surface area (Å²) in [6, 6.07) is 15.9. The Bertz CT molecular complexity index is 945. The van der Waals surface area contributed by atoms with E-state index in [2.05, 4.69) is 36.5 Å². The van der Waals surface area contributed by atoms with Crippen LogP contribution in [-0.4, -0.2) is 28.9 Å². The van der Waals surface area contributed by atoms with Crippen molar-refractivity contribution in [1.29, 1.82) is 0 Å². The van der Waals surface area contributed by atoms with Crippen molar-refractivity contribution in [1.82, 2.24) is 15.5 Å². The lowest BCUT2D eigenvalue weighted by molar-refractivity contribution is 0.130. The van der Waals surface area contributed by atoms with E-state index in [9.17, 15) is 0 Å². The number of rotatable bonds is 6. The quantitative estimate of drug-likeness (QED) is 0.450. The molecule has 0 spiro atoms. The van der Waals surface area contributed by atoms with Gasteiger partial charge in [-0.3, -0.25) is 0 Å². The van der Waals surface area contributed by atoms with Crippen LogP contribution in [0, 0.1) is 0 Å². The van der Waals surface area contributed by atoms with Crippen LogP contribution in [0.15, 0.2) is 62.7 Å². The SMILES string of the molecule is CC(=NOCc1ccc(Br)cc1)c1ccc(-c2noc([C@@H]3CCNC3)n2)cc1. The predicted molar refractivity (Wildman–Crippen MR) is 111 cm³/mol. The summed E-state index contributed by atoms with van der Waals surface area (Å²) in [6.07, 6.45) is 1.04. The molecule has 1 atom stereocenters. The molecule has 1 aliphatic heterocycles. The van der Waals surface area contributed by atoms with Crippen LogP contribution in [0.2, 0.25) is 0 Å². The van der Waals surface area contributed by atoms with Crippen LogP contribution in [0.5, 0.6) is 0 Å². The van der Waals surface area contributed by atoms with Crippen molar-refractivity contribution in [2.24, 2.45) is 5.16 Å². The molecular formula is C21H21BrN4O2. The van der Waals surface area contributed by atoms with E-state index >= 15 is 0 Å². The number of hydrogen-bond acceptors (Lipinski definition) is 6. The minimum absolute atomic E-state index is 0.317. The second-order valence-corrected chi connectivity index (χ2v) is 7.72. The molecule has 0 radical (unpaired) electrons. The van der Waals surface area contributed by atoms with Gasteiger partial charge in [0.1, 0.15) is 6.61 Å². The Balaban J connectivity index is 1.38. The van der Waals surface area contributed by atoms with Gasteiger partial charge >= 0.3 is 0 Å². The average Bonchev–Trinajstić information content (AvgIpc) is 3.41. The summed E-state index contributed by atoms with van der Waals surface area (Å²) in [4.78, 5) is 10.0. The van der Waals surface area contributed by atoms with Crippen molar-refractivity contribution in [3.8, 4) is 11.4 Å². The van der Waals surface area contributed by atoms with Gasteiger partial charge < -0.3 is 14.7 Å². The summed E-state index contributed by atoms with van der Waals surface area (Å²) < 4.78 is 6.48. The topological polar surface area (TPSA) is 72.5 Å². The maximum absolute atomic E-state index is 5.48. The molecule has 1 saturated heterocycles. The molecular weight excluding hydrogens is 420 g/mol. The Morgan fingerprint density at radius 2 is 2.00 bits per heavy atom. The number of hydrogen-bond donors (Lipinski definition) is 1.